The Morgan fingerprint density at radius 3 is 2.30 bits per heavy atom. The van der Waals surface area contributed by atoms with Crippen molar-refractivity contribution in [2.75, 3.05) is 6.54 Å². The van der Waals surface area contributed by atoms with Gasteiger partial charge in [-0.2, -0.15) is 4.31 Å². The second-order valence-electron chi connectivity index (χ2n) is 6.45. The van der Waals surface area contributed by atoms with Crippen LogP contribution in [0.25, 0.3) is 0 Å². The number of aryl methyl sites for hydroxylation is 3. The van der Waals surface area contributed by atoms with Crippen molar-refractivity contribution in [3.8, 4) is 0 Å². The van der Waals surface area contributed by atoms with Gasteiger partial charge in [-0.15, -0.1) is 0 Å². The molecule has 0 aromatic heterocycles. The van der Waals surface area contributed by atoms with Crippen LogP contribution in [0.1, 0.15) is 41.1 Å². The standard InChI is InChI=1S/C19H23NO2S/c1-14-7-10-17(11-8-14)18-5-4-12-20(18)23(21,22)19-13-15(2)6-9-16(19)3/h6-11,13,18H,4-5,12H2,1-3H3/t18-/m1/s1. The molecule has 0 bridgehead atoms. The quantitative estimate of drug-likeness (QED) is 0.849. The third-order valence-corrected chi connectivity index (χ3v) is 6.65. The van der Waals surface area contributed by atoms with E-state index in [1.165, 1.54) is 5.56 Å². The number of benzene rings is 2. The fraction of sp³-hybridized carbons (Fsp3) is 0.368. The monoisotopic (exact) mass is 329 g/mol. The van der Waals surface area contributed by atoms with Gasteiger partial charge >= 0.3 is 0 Å². The molecule has 4 heteroatoms. The highest BCUT2D eigenvalue weighted by molar-refractivity contribution is 7.89. The molecule has 0 saturated carbocycles. The predicted molar refractivity (Wildman–Crippen MR) is 93.0 cm³/mol. The summed E-state index contributed by atoms with van der Waals surface area (Å²) in [7, 11) is -3.47. The van der Waals surface area contributed by atoms with Gasteiger partial charge in [0.1, 0.15) is 0 Å². The topological polar surface area (TPSA) is 37.4 Å². The molecule has 2 aromatic carbocycles. The molecule has 1 aliphatic heterocycles. The first-order chi connectivity index (χ1) is 10.9. The molecule has 0 N–H and O–H groups in total. The Morgan fingerprint density at radius 1 is 0.957 bits per heavy atom. The maximum Gasteiger partial charge on any atom is 0.243 e. The number of nitrogens with zero attached hydrogens (tertiary/aromatic N) is 1. The van der Waals surface area contributed by atoms with Gasteiger partial charge in [-0.05, 0) is 56.4 Å². The normalized spacial score (nSPS) is 19.2. The second-order valence-corrected chi connectivity index (χ2v) is 8.31. The van der Waals surface area contributed by atoms with Crippen molar-refractivity contribution in [3.63, 3.8) is 0 Å². The molecule has 122 valence electrons. The Morgan fingerprint density at radius 2 is 1.61 bits per heavy atom. The van der Waals surface area contributed by atoms with Crippen LogP contribution in [0.15, 0.2) is 47.4 Å². The molecular formula is C19H23NO2S. The lowest BCUT2D eigenvalue weighted by Crippen LogP contribution is -2.31. The highest BCUT2D eigenvalue weighted by Crippen LogP contribution is 2.37. The summed E-state index contributed by atoms with van der Waals surface area (Å²) in [5, 5.41) is 0. The smallest absolute Gasteiger partial charge is 0.207 e. The van der Waals surface area contributed by atoms with Crippen LogP contribution in [0, 0.1) is 20.8 Å². The Balaban J connectivity index is 2.01. The van der Waals surface area contributed by atoms with Gasteiger partial charge < -0.3 is 0 Å². The number of sulfonamides is 1. The van der Waals surface area contributed by atoms with Gasteiger partial charge in [-0.1, -0.05) is 42.0 Å². The van der Waals surface area contributed by atoms with E-state index in [-0.39, 0.29) is 6.04 Å². The van der Waals surface area contributed by atoms with E-state index in [0.717, 1.165) is 29.5 Å². The molecule has 1 atom stereocenters. The van der Waals surface area contributed by atoms with Gasteiger partial charge in [0, 0.05) is 6.54 Å². The van der Waals surface area contributed by atoms with Crippen LogP contribution in [0.3, 0.4) is 0 Å². The molecule has 1 aliphatic rings. The van der Waals surface area contributed by atoms with Crippen molar-refractivity contribution in [2.45, 2.75) is 44.6 Å². The Hall–Kier alpha value is -1.65. The molecule has 1 heterocycles. The Labute approximate surface area is 139 Å². The van der Waals surface area contributed by atoms with Crippen molar-refractivity contribution >= 4 is 10.0 Å². The molecule has 3 nitrogen and oxygen atoms in total. The largest absolute Gasteiger partial charge is 0.243 e. The average molecular weight is 329 g/mol. The van der Waals surface area contributed by atoms with E-state index < -0.39 is 10.0 Å². The van der Waals surface area contributed by atoms with E-state index in [1.54, 1.807) is 10.4 Å². The Kier molecular flexibility index (Phi) is 4.30. The van der Waals surface area contributed by atoms with Crippen LogP contribution in [0.5, 0.6) is 0 Å². The van der Waals surface area contributed by atoms with Gasteiger partial charge in [0.05, 0.1) is 10.9 Å². The predicted octanol–water partition coefficient (Wildman–Crippen LogP) is 4.14. The van der Waals surface area contributed by atoms with Crippen molar-refractivity contribution in [1.29, 1.82) is 0 Å². The van der Waals surface area contributed by atoms with E-state index in [2.05, 4.69) is 24.3 Å². The molecule has 2 aromatic rings. The molecule has 1 fully saturated rings. The summed E-state index contributed by atoms with van der Waals surface area (Å²) in [6, 6.07) is 13.8. The summed E-state index contributed by atoms with van der Waals surface area (Å²) < 4.78 is 28.0. The number of rotatable bonds is 3. The minimum atomic E-state index is -3.47. The van der Waals surface area contributed by atoms with Crippen LogP contribution in [0.2, 0.25) is 0 Å². The van der Waals surface area contributed by atoms with Crippen molar-refractivity contribution in [2.24, 2.45) is 0 Å². The summed E-state index contributed by atoms with van der Waals surface area (Å²) in [6.07, 6.45) is 1.79. The third-order valence-electron chi connectivity index (χ3n) is 4.60. The van der Waals surface area contributed by atoms with Gasteiger partial charge in [0.25, 0.3) is 0 Å². The van der Waals surface area contributed by atoms with Crippen molar-refractivity contribution in [3.05, 3.63) is 64.7 Å². The van der Waals surface area contributed by atoms with Crippen LogP contribution in [-0.2, 0) is 10.0 Å². The first kappa shape index (κ1) is 16.2. The third kappa shape index (κ3) is 3.06. The molecule has 0 radical (unpaired) electrons. The lowest BCUT2D eigenvalue weighted by atomic mass is 10.0. The minimum Gasteiger partial charge on any atom is -0.207 e. The average Bonchev–Trinajstić information content (AvgIpc) is 3.00. The summed E-state index contributed by atoms with van der Waals surface area (Å²) in [6.45, 7) is 6.43. The highest BCUT2D eigenvalue weighted by Gasteiger charge is 2.36. The van der Waals surface area contributed by atoms with Gasteiger partial charge in [0.15, 0.2) is 0 Å². The van der Waals surface area contributed by atoms with Crippen molar-refractivity contribution in [1.82, 2.24) is 4.31 Å². The molecule has 23 heavy (non-hydrogen) atoms. The summed E-state index contributed by atoms with van der Waals surface area (Å²) >= 11 is 0. The molecular weight excluding hydrogens is 306 g/mol. The van der Waals surface area contributed by atoms with Crippen LogP contribution in [-0.4, -0.2) is 19.3 Å². The van der Waals surface area contributed by atoms with Gasteiger partial charge in [-0.3, -0.25) is 0 Å². The molecule has 0 aliphatic carbocycles. The summed E-state index contributed by atoms with van der Waals surface area (Å²) in [4.78, 5) is 0.441. The zero-order chi connectivity index (χ0) is 16.6. The molecule has 0 spiro atoms. The van der Waals surface area contributed by atoms with Gasteiger partial charge in [-0.25, -0.2) is 8.42 Å². The van der Waals surface area contributed by atoms with Crippen LogP contribution >= 0.6 is 0 Å². The maximum absolute atomic E-state index is 13.2. The minimum absolute atomic E-state index is 0.0551. The van der Waals surface area contributed by atoms with Crippen LogP contribution < -0.4 is 0 Å². The first-order valence-corrected chi connectivity index (χ1v) is 9.49. The fourth-order valence-electron chi connectivity index (χ4n) is 3.26. The molecule has 0 amide bonds. The van der Waals surface area contributed by atoms with E-state index in [4.69, 9.17) is 0 Å². The lowest BCUT2D eigenvalue weighted by Gasteiger charge is -2.25. The van der Waals surface area contributed by atoms with Crippen molar-refractivity contribution < 1.29 is 8.42 Å². The fourth-order valence-corrected chi connectivity index (χ4v) is 5.26. The Bertz CT molecular complexity index is 810. The molecule has 1 saturated heterocycles. The molecule has 3 rings (SSSR count). The van der Waals surface area contributed by atoms with E-state index in [1.807, 2.05) is 32.9 Å². The highest BCUT2D eigenvalue weighted by atomic mass is 32.2. The second kappa shape index (κ2) is 6.10. The summed E-state index contributed by atoms with van der Waals surface area (Å²) in [5.41, 5.74) is 4.06. The van der Waals surface area contributed by atoms with Gasteiger partial charge in [0.2, 0.25) is 10.0 Å². The maximum atomic E-state index is 13.2. The SMILES string of the molecule is Cc1ccc([C@H]2CCCN2S(=O)(=O)c2cc(C)ccc2C)cc1. The first-order valence-electron chi connectivity index (χ1n) is 8.05. The van der Waals surface area contributed by atoms with E-state index in [9.17, 15) is 8.42 Å². The lowest BCUT2D eigenvalue weighted by molar-refractivity contribution is 0.396. The summed E-state index contributed by atoms with van der Waals surface area (Å²) in [5.74, 6) is 0. The van der Waals surface area contributed by atoms with Crippen LogP contribution in [0.4, 0.5) is 0 Å². The van der Waals surface area contributed by atoms with E-state index in [0.29, 0.717) is 11.4 Å². The zero-order valence-electron chi connectivity index (χ0n) is 13.9. The number of hydrogen-bond donors (Lipinski definition) is 0. The number of hydrogen-bond acceptors (Lipinski definition) is 2. The zero-order valence-corrected chi connectivity index (χ0v) is 14.7. The van der Waals surface area contributed by atoms with E-state index >= 15 is 0 Å². The molecule has 0 unspecified atom stereocenters.